The zero-order valence-electron chi connectivity index (χ0n) is 10.6. The maximum absolute atomic E-state index is 7.30. The summed E-state index contributed by atoms with van der Waals surface area (Å²) in [5, 5.41) is 8.24. The van der Waals surface area contributed by atoms with Crippen LogP contribution < -0.4 is 10.5 Å². The monoisotopic (exact) mass is 264 g/mol. The number of nitrogen functional groups attached to an aromatic ring is 1. The smallest absolute Gasteiger partial charge is 0.145 e. The molecule has 1 aromatic carbocycles. The summed E-state index contributed by atoms with van der Waals surface area (Å²) in [6, 6.07) is 12.9. The highest BCUT2D eigenvalue weighted by Crippen LogP contribution is 2.28. The Balaban J connectivity index is 1.95. The van der Waals surface area contributed by atoms with Crippen molar-refractivity contribution in [1.82, 2.24) is 9.97 Å². The van der Waals surface area contributed by atoms with Crippen molar-refractivity contribution in [2.45, 2.75) is 0 Å². The van der Waals surface area contributed by atoms with E-state index < -0.39 is 0 Å². The van der Waals surface area contributed by atoms with Gasteiger partial charge in [0.15, 0.2) is 0 Å². The van der Waals surface area contributed by atoms with Crippen LogP contribution in [-0.2, 0) is 0 Å². The molecule has 0 amide bonds. The second kappa shape index (κ2) is 4.97. The Labute approximate surface area is 115 Å². The fourth-order valence-electron chi connectivity index (χ4n) is 1.89. The number of pyridine rings is 2. The molecule has 0 fully saturated rings. The average Bonchev–Trinajstić information content (AvgIpc) is 2.48. The summed E-state index contributed by atoms with van der Waals surface area (Å²) in [5.74, 6) is 1.24. The van der Waals surface area contributed by atoms with Crippen molar-refractivity contribution in [3.8, 4) is 11.5 Å². The molecular formula is C15H12N4O. The van der Waals surface area contributed by atoms with Crippen LogP contribution >= 0.6 is 0 Å². The summed E-state index contributed by atoms with van der Waals surface area (Å²) in [6.45, 7) is 0. The van der Waals surface area contributed by atoms with Crippen LogP contribution in [0.4, 0.5) is 0 Å². The summed E-state index contributed by atoms with van der Waals surface area (Å²) >= 11 is 0. The number of nitrogens with one attached hydrogen (secondary N) is 1. The number of fused-ring (bicyclic) bond motifs is 1. The molecule has 5 nitrogen and oxygen atoms in total. The summed E-state index contributed by atoms with van der Waals surface area (Å²) in [4.78, 5) is 8.34. The molecule has 2 aromatic heterocycles. The number of benzene rings is 1. The second-order valence-corrected chi connectivity index (χ2v) is 4.22. The van der Waals surface area contributed by atoms with E-state index in [0.29, 0.717) is 17.2 Å². The third kappa shape index (κ3) is 2.29. The minimum absolute atomic E-state index is 0.0640. The van der Waals surface area contributed by atoms with E-state index >= 15 is 0 Å². The molecule has 3 aromatic rings. The Bertz CT molecular complexity index is 763. The van der Waals surface area contributed by atoms with Crippen LogP contribution in [0.15, 0.2) is 54.9 Å². The Hall–Kier alpha value is -2.95. The molecule has 0 unspecified atom stereocenters. The Morgan fingerprint density at radius 3 is 2.70 bits per heavy atom. The molecule has 0 aliphatic carbocycles. The Morgan fingerprint density at radius 1 is 1.05 bits per heavy atom. The zero-order valence-corrected chi connectivity index (χ0v) is 10.6. The van der Waals surface area contributed by atoms with Crippen LogP contribution in [0.3, 0.4) is 0 Å². The Morgan fingerprint density at radius 2 is 1.95 bits per heavy atom. The van der Waals surface area contributed by atoms with Gasteiger partial charge >= 0.3 is 0 Å². The lowest BCUT2D eigenvalue weighted by atomic mass is 10.2. The molecule has 3 rings (SSSR count). The second-order valence-electron chi connectivity index (χ2n) is 4.22. The first-order valence-electron chi connectivity index (χ1n) is 6.06. The fraction of sp³-hybridized carbons (Fsp3) is 0. The molecule has 0 radical (unpaired) electrons. The van der Waals surface area contributed by atoms with Crippen LogP contribution in [-0.4, -0.2) is 15.8 Å². The van der Waals surface area contributed by atoms with Crippen molar-refractivity contribution in [3.63, 3.8) is 0 Å². The molecule has 0 atom stereocenters. The Kier molecular flexibility index (Phi) is 3.01. The van der Waals surface area contributed by atoms with Gasteiger partial charge in [0.25, 0.3) is 0 Å². The molecule has 0 saturated carbocycles. The number of ether oxygens (including phenoxy) is 1. The number of amidine groups is 1. The third-order valence-corrected chi connectivity index (χ3v) is 2.85. The van der Waals surface area contributed by atoms with E-state index in [4.69, 9.17) is 15.9 Å². The summed E-state index contributed by atoms with van der Waals surface area (Å²) < 4.78 is 5.81. The van der Waals surface area contributed by atoms with E-state index in [1.54, 1.807) is 24.5 Å². The van der Waals surface area contributed by atoms with Gasteiger partial charge in [-0.1, -0.05) is 6.07 Å². The first kappa shape index (κ1) is 12.1. The third-order valence-electron chi connectivity index (χ3n) is 2.85. The van der Waals surface area contributed by atoms with Crippen LogP contribution in [0, 0.1) is 5.41 Å². The van der Waals surface area contributed by atoms with Crippen molar-refractivity contribution in [2.75, 3.05) is 0 Å². The van der Waals surface area contributed by atoms with Crippen molar-refractivity contribution >= 4 is 16.7 Å². The van der Waals surface area contributed by atoms with Crippen molar-refractivity contribution in [1.29, 1.82) is 5.41 Å². The van der Waals surface area contributed by atoms with E-state index in [9.17, 15) is 0 Å². The number of rotatable bonds is 3. The topological polar surface area (TPSA) is 84.9 Å². The number of hydrogen-bond donors (Lipinski definition) is 2. The number of nitrogens with zero attached hydrogens (tertiary/aromatic N) is 2. The maximum atomic E-state index is 7.30. The molecule has 0 spiro atoms. The van der Waals surface area contributed by atoms with Gasteiger partial charge in [-0.3, -0.25) is 10.4 Å². The van der Waals surface area contributed by atoms with Gasteiger partial charge in [-0.25, -0.2) is 4.98 Å². The predicted molar refractivity (Wildman–Crippen MR) is 77.1 cm³/mol. The van der Waals surface area contributed by atoms with E-state index in [1.807, 2.05) is 30.3 Å². The minimum Gasteiger partial charge on any atom is -0.455 e. The van der Waals surface area contributed by atoms with Crippen LogP contribution in [0.5, 0.6) is 11.5 Å². The molecule has 0 saturated heterocycles. The lowest BCUT2D eigenvalue weighted by molar-refractivity contribution is 0.485. The molecule has 2 heterocycles. The summed E-state index contributed by atoms with van der Waals surface area (Å²) in [7, 11) is 0. The van der Waals surface area contributed by atoms with Crippen LogP contribution in [0.1, 0.15) is 5.69 Å². The lowest BCUT2D eigenvalue weighted by Gasteiger charge is -2.08. The van der Waals surface area contributed by atoms with Gasteiger partial charge in [0.2, 0.25) is 0 Å². The number of nitrogens with two attached hydrogens (primary N) is 1. The molecule has 5 heteroatoms. The molecule has 0 aliphatic heterocycles. The number of aromatic nitrogens is 2. The predicted octanol–water partition coefficient (Wildman–Crippen LogP) is 2.71. The quantitative estimate of drug-likeness (QED) is 0.562. The van der Waals surface area contributed by atoms with E-state index in [0.717, 1.165) is 10.9 Å². The van der Waals surface area contributed by atoms with Crippen molar-refractivity contribution < 1.29 is 4.74 Å². The molecule has 0 bridgehead atoms. The maximum Gasteiger partial charge on any atom is 0.145 e. The fourth-order valence-corrected chi connectivity index (χ4v) is 1.89. The van der Waals surface area contributed by atoms with Gasteiger partial charge in [0.05, 0.1) is 11.7 Å². The van der Waals surface area contributed by atoms with Gasteiger partial charge in [0, 0.05) is 11.6 Å². The standard InChI is InChI=1S/C15H12N4O/c16-15(17)13-7-6-10(9-19-13)20-14-5-1-4-12-11(14)3-2-8-18-12/h1-9H,(H3,16,17). The van der Waals surface area contributed by atoms with E-state index in [-0.39, 0.29) is 5.84 Å². The van der Waals surface area contributed by atoms with Gasteiger partial charge in [0.1, 0.15) is 23.0 Å². The lowest BCUT2D eigenvalue weighted by Crippen LogP contribution is -2.12. The zero-order chi connectivity index (χ0) is 13.9. The highest BCUT2D eigenvalue weighted by molar-refractivity contribution is 5.93. The molecule has 98 valence electrons. The number of hydrogen-bond acceptors (Lipinski definition) is 4. The summed E-state index contributed by atoms with van der Waals surface area (Å²) in [6.07, 6.45) is 3.29. The molecule has 20 heavy (non-hydrogen) atoms. The highest BCUT2D eigenvalue weighted by Gasteiger charge is 2.05. The summed E-state index contributed by atoms with van der Waals surface area (Å²) in [5.41, 5.74) is 6.66. The van der Waals surface area contributed by atoms with E-state index in [1.165, 1.54) is 0 Å². The van der Waals surface area contributed by atoms with Gasteiger partial charge < -0.3 is 10.5 Å². The van der Waals surface area contributed by atoms with Crippen molar-refractivity contribution in [2.24, 2.45) is 5.73 Å². The molecule has 0 aliphatic rings. The van der Waals surface area contributed by atoms with Crippen molar-refractivity contribution in [3.05, 3.63) is 60.6 Å². The SMILES string of the molecule is N=C(N)c1ccc(Oc2cccc3ncccc23)cn1. The minimum atomic E-state index is -0.0640. The molecular weight excluding hydrogens is 252 g/mol. The average molecular weight is 264 g/mol. The normalized spacial score (nSPS) is 10.4. The van der Waals surface area contributed by atoms with Gasteiger partial charge in [-0.05, 0) is 36.4 Å². The van der Waals surface area contributed by atoms with Gasteiger partial charge in [-0.15, -0.1) is 0 Å². The highest BCUT2D eigenvalue weighted by atomic mass is 16.5. The van der Waals surface area contributed by atoms with Crippen LogP contribution in [0.25, 0.3) is 10.9 Å². The molecule has 3 N–H and O–H groups in total. The van der Waals surface area contributed by atoms with Crippen LogP contribution in [0.2, 0.25) is 0 Å². The first-order valence-corrected chi connectivity index (χ1v) is 6.06. The largest absolute Gasteiger partial charge is 0.455 e. The van der Waals surface area contributed by atoms with E-state index in [2.05, 4.69) is 9.97 Å². The van der Waals surface area contributed by atoms with Gasteiger partial charge in [-0.2, -0.15) is 0 Å². The first-order chi connectivity index (χ1) is 9.74.